The number of para-hydroxylation sites is 1. The Hall–Kier alpha value is -2.41. The molecule has 2 aromatic rings. The third-order valence-corrected chi connectivity index (χ3v) is 5.34. The van der Waals surface area contributed by atoms with Crippen molar-refractivity contribution in [1.82, 2.24) is 5.32 Å². The van der Waals surface area contributed by atoms with Gasteiger partial charge in [0.05, 0.1) is 13.2 Å². The zero-order chi connectivity index (χ0) is 19.2. The highest BCUT2D eigenvalue weighted by Crippen LogP contribution is 2.35. The fourth-order valence-electron chi connectivity index (χ4n) is 3.86. The monoisotopic (exact) mass is 382 g/mol. The van der Waals surface area contributed by atoms with E-state index in [1.165, 1.54) is 0 Å². The van der Waals surface area contributed by atoms with Gasteiger partial charge in [-0.05, 0) is 17.7 Å². The molecular formula is C22H26N2O4. The smallest absolute Gasteiger partial charge is 0.414 e. The highest BCUT2D eigenvalue weighted by molar-refractivity contribution is 5.87. The summed E-state index contributed by atoms with van der Waals surface area (Å²) in [6, 6.07) is 19.3. The van der Waals surface area contributed by atoms with Crippen molar-refractivity contribution in [2.45, 2.75) is 18.8 Å². The number of hydrogen-bond donors (Lipinski definition) is 1. The normalized spacial score (nSPS) is 20.8. The molecule has 2 aromatic carbocycles. The van der Waals surface area contributed by atoms with Crippen molar-refractivity contribution in [3.63, 3.8) is 0 Å². The third-order valence-electron chi connectivity index (χ3n) is 5.34. The van der Waals surface area contributed by atoms with Gasteiger partial charge in [-0.15, -0.1) is 0 Å². The number of ether oxygens (including phenoxy) is 3. The van der Waals surface area contributed by atoms with E-state index in [-0.39, 0.29) is 18.6 Å². The number of carbonyl (C=O) groups is 1. The number of amides is 1. The van der Waals surface area contributed by atoms with Gasteiger partial charge in [-0.2, -0.15) is 0 Å². The molecule has 2 aliphatic rings. The summed E-state index contributed by atoms with van der Waals surface area (Å²) in [5, 5.41) is 3.40. The lowest BCUT2D eigenvalue weighted by Crippen LogP contribution is -2.55. The molecule has 0 saturated carbocycles. The van der Waals surface area contributed by atoms with Gasteiger partial charge < -0.3 is 19.5 Å². The molecule has 2 aliphatic heterocycles. The van der Waals surface area contributed by atoms with Crippen molar-refractivity contribution in [2.24, 2.45) is 5.92 Å². The van der Waals surface area contributed by atoms with E-state index in [0.717, 1.165) is 30.8 Å². The molecule has 0 aromatic heterocycles. The van der Waals surface area contributed by atoms with E-state index in [0.29, 0.717) is 19.8 Å². The second-order valence-electron chi connectivity index (χ2n) is 7.15. The molecule has 148 valence electrons. The Balaban J connectivity index is 1.51. The summed E-state index contributed by atoms with van der Waals surface area (Å²) in [5.74, 6) is -0.592. The van der Waals surface area contributed by atoms with Crippen molar-refractivity contribution in [3.8, 4) is 0 Å². The summed E-state index contributed by atoms with van der Waals surface area (Å²) in [7, 11) is 0. The fraction of sp³-hybridized carbons (Fsp3) is 0.409. The number of carbonyl (C=O) groups excluding carboxylic acids is 1. The van der Waals surface area contributed by atoms with Crippen LogP contribution in [0, 0.1) is 5.92 Å². The number of piperidine rings is 1. The summed E-state index contributed by atoms with van der Waals surface area (Å²) >= 11 is 0. The first-order valence-electron chi connectivity index (χ1n) is 9.79. The number of benzene rings is 2. The number of hydrogen-bond acceptors (Lipinski definition) is 5. The van der Waals surface area contributed by atoms with E-state index in [2.05, 4.69) is 5.32 Å². The van der Waals surface area contributed by atoms with Crippen LogP contribution < -0.4 is 10.2 Å². The molecule has 1 unspecified atom stereocenters. The molecule has 6 heteroatoms. The van der Waals surface area contributed by atoms with Crippen molar-refractivity contribution >= 4 is 11.8 Å². The van der Waals surface area contributed by atoms with Crippen molar-refractivity contribution in [1.29, 1.82) is 0 Å². The number of nitrogens with one attached hydrogen (secondary N) is 1. The van der Waals surface area contributed by atoms with Crippen LogP contribution in [0.15, 0.2) is 60.7 Å². The van der Waals surface area contributed by atoms with Gasteiger partial charge in [0.25, 0.3) is 0 Å². The van der Waals surface area contributed by atoms with Crippen molar-refractivity contribution < 1.29 is 19.0 Å². The Morgan fingerprint density at radius 1 is 1.07 bits per heavy atom. The second kappa shape index (κ2) is 8.73. The highest BCUT2D eigenvalue weighted by atomic mass is 16.7. The quantitative estimate of drug-likeness (QED) is 0.861. The first kappa shape index (κ1) is 18.9. The van der Waals surface area contributed by atoms with Gasteiger partial charge in [-0.1, -0.05) is 48.5 Å². The lowest BCUT2D eigenvalue weighted by molar-refractivity contribution is -0.204. The molecule has 2 heterocycles. The van der Waals surface area contributed by atoms with E-state index in [1.54, 1.807) is 4.90 Å². The predicted molar refractivity (Wildman–Crippen MR) is 106 cm³/mol. The molecule has 1 N–H and O–H groups in total. The van der Waals surface area contributed by atoms with Crippen molar-refractivity contribution in [2.75, 3.05) is 37.7 Å². The predicted octanol–water partition coefficient (Wildman–Crippen LogP) is 3.18. The minimum Gasteiger partial charge on any atom is -0.444 e. The molecule has 1 amide bonds. The number of rotatable bonds is 5. The first-order chi connectivity index (χ1) is 13.8. The Morgan fingerprint density at radius 2 is 1.75 bits per heavy atom. The van der Waals surface area contributed by atoms with Crippen LogP contribution in [0.25, 0.3) is 0 Å². The molecular weight excluding hydrogens is 356 g/mol. The first-order valence-corrected chi connectivity index (χ1v) is 9.79. The zero-order valence-electron chi connectivity index (χ0n) is 15.9. The SMILES string of the molecule is O=C(OCc1ccccc1)N(CC1CNCCC12OCCO2)c1ccccc1. The molecule has 1 spiro atoms. The van der Waals surface area contributed by atoms with E-state index in [4.69, 9.17) is 14.2 Å². The van der Waals surface area contributed by atoms with Crippen LogP contribution in [0.2, 0.25) is 0 Å². The Kier molecular flexibility index (Phi) is 5.90. The van der Waals surface area contributed by atoms with E-state index in [1.807, 2.05) is 60.7 Å². The third kappa shape index (κ3) is 4.19. The summed E-state index contributed by atoms with van der Waals surface area (Å²) in [4.78, 5) is 14.7. The topological polar surface area (TPSA) is 60.0 Å². The summed E-state index contributed by atoms with van der Waals surface area (Å²) in [5.41, 5.74) is 1.77. The van der Waals surface area contributed by atoms with Gasteiger partial charge in [0.2, 0.25) is 0 Å². The molecule has 6 nitrogen and oxygen atoms in total. The van der Waals surface area contributed by atoms with Crippen molar-refractivity contribution in [3.05, 3.63) is 66.2 Å². The standard InChI is InChI=1S/C22H26N2O4/c25-21(26-17-18-7-3-1-4-8-18)24(20-9-5-2-6-10-20)16-19-15-23-12-11-22(19)27-13-14-28-22/h1-10,19,23H,11-17H2. The molecule has 0 radical (unpaired) electrons. The number of anilines is 1. The van der Waals surface area contributed by atoms with Gasteiger partial charge >= 0.3 is 6.09 Å². The largest absolute Gasteiger partial charge is 0.444 e. The Labute approximate surface area is 165 Å². The minimum absolute atomic E-state index is 0.0215. The average Bonchev–Trinajstić information content (AvgIpc) is 3.22. The maximum atomic E-state index is 13.0. The van der Waals surface area contributed by atoms with Gasteiger partial charge in [0.1, 0.15) is 6.61 Å². The molecule has 4 rings (SSSR count). The zero-order valence-corrected chi connectivity index (χ0v) is 15.9. The van der Waals surface area contributed by atoms with Gasteiger partial charge in [-0.25, -0.2) is 4.79 Å². The molecule has 0 bridgehead atoms. The van der Waals surface area contributed by atoms with Gasteiger partial charge in [0, 0.05) is 37.7 Å². The van der Waals surface area contributed by atoms with Crippen LogP contribution in [0.4, 0.5) is 10.5 Å². The molecule has 2 fully saturated rings. The summed E-state index contributed by atoms with van der Waals surface area (Å²) in [6.45, 7) is 3.48. The molecule has 0 aliphatic carbocycles. The van der Waals surface area contributed by atoms with Gasteiger partial charge in [-0.3, -0.25) is 4.90 Å². The van der Waals surface area contributed by atoms with Crippen LogP contribution >= 0.6 is 0 Å². The molecule has 28 heavy (non-hydrogen) atoms. The Morgan fingerprint density at radius 3 is 2.46 bits per heavy atom. The molecule has 1 atom stereocenters. The van der Waals surface area contributed by atoms with Crippen LogP contribution in [0.3, 0.4) is 0 Å². The van der Waals surface area contributed by atoms with Crippen LogP contribution in [0.5, 0.6) is 0 Å². The van der Waals surface area contributed by atoms with Crippen LogP contribution in [-0.4, -0.2) is 44.7 Å². The maximum Gasteiger partial charge on any atom is 0.414 e. The lowest BCUT2D eigenvalue weighted by atomic mass is 9.91. The van der Waals surface area contributed by atoms with Crippen LogP contribution in [0.1, 0.15) is 12.0 Å². The molecule has 2 saturated heterocycles. The summed E-state index contributed by atoms with van der Waals surface area (Å²) in [6.07, 6.45) is 0.410. The van der Waals surface area contributed by atoms with E-state index >= 15 is 0 Å². The van der Waals surface area contributed by atoms with E-state index < -0.39 is 5.79 Å². The number of nitrogens with zero attached hydrogens (tertiary/aromatic N) is 1. The summed E-state index contributed by atoms with van der Waals surface area (Å²) < 4.78 is 17.6. The fourth-order valence-corrected chi connectivity index (χ4v) is 3.86. The van der Waals surface area contributed by atoms with Gasteiger partial charge in [0.15, 0.2) is 5.79 Å². The Bertz CT molecular complexity index is 763. The second-order valence-corrected chi connectivity index (χ2v) is 7.15. The van der Waals surface area contributed by atoms with E-state index in [9.17, 15) is 4.79 Å². The highest BCUT2D eigenvalue weighted by Gasteiger charge is 2.47. The average molecular weight is 382 g/mol. The maximum absolute atomic E-state index is 13.0. The van der Waals surface area contributed by atoms with Crippen LogP contribution in [-0.2, 0) is 20.8 Å². The lowest BCUT2D eigenvalue weighted by Gasteiger charge is -2.41. The minimum atomic E-state index is -0.613.